The van der Waals surface area contributed by atoms with E-state index in [1.807, 2.05) is 7.05 Å². The molecule has 0 saturated heterocycles. The summed E-state index contributed by atoms with van der Waals surface area (Å²) in [6.07, 6.45) is 2.34. The van der Waals surface area contributed by atoms with E-state index >= 15 is 0 Å². The summed E-state index contributed by atoms with van der Waals surface area (Å²) < 4.78 is 33.0. The largest absolute Gasteiger partial charge is 0.320 e. The zero-order chi connectivity index (χ0) is 9.45. The summed E-state index contributed by atoms with van der Waals surface area (Å²) in [7, 11) is -1.55. The fraction of sp³-hybridized carbons (Fsp3) is 1.00. The van der Waals surface area contributed by atoms with Gasteiger partial charge in [-0.05, 0) is 26.4 Å². The Hall–Kier alpha value is -0.160. The summed E-state index contributed by atoms with van der Waals surface area (Å²) in [6, 6.07) is -1.22. The molecule has 0 fully saturated rings. The first-order chi connectivity index (χ1) is 5.62. The molecule has 0 aromatic heterocycles. The minimum absolute atomic E-state index is 0.0206. The second kappa shape index (κ2) is 6.37. The molecule has 0 amide bonds. The van der Waals surface area contributed by atoms with Crippen LogP contribution >= 0.6 is 0 Å². The second-order valence-corrected chi connectivity index (χ2v) is 4.83. The van der Waals surface area contributed by atoms with Gasteiger partial charge in [0.2, 0.25) is 0 Å². The van der Waals surface area contributed by atoms with E-state index in [1.165, 1.54) is 0 Å². The van der Waals surface area contributed by atoms with Gasteiger partial charge in [0.25, 0.3) is 0 Å². The Kier molecular flexibility index (Phi) is 6.28. The van der Waals surface area contributed by atoms with E-state index in [2.05, 4.69) is 5.32 Å². The molecule has 0 aliphatic heterocycles. The number of alkyl halides is 1. The van der Waals surface area contributed by atoms with Crippen molar-refractivity contribution < 1.29 is 12.8 Å². The first-order valence-corrected chi connectivity index (χ1v) is 5.85. The molecule has 0 bridgehead atoms. The number of sulfone groups is 1. The van der Waals surface area contributed by atoms with Crippen LogP contribution in [0.3, 0.4) is 0 Å². The Bertz CT molecular complexity index is 192. The van der Waals surface area contributed by atoms with Crippen LogP contribution in [0.15, 0.2) is 0 Å². The van der Waals surface area contributed by atoms with E-state index in [-0.39, 0.29) is 5.75 Å². The SMILES string of the molecule is CNCCCCCS(=O)(=O)CF. The number of hydrogen-bond acceptors (Lipinski definition) is 3. The van der Waals surface area contributed by atoms with Crippen molar-refractivity contribution in [3.63, 3.8) is 0 Å². The van der Waals surface area contributed by atoms with E-state index in [1.54, 1.807) is 0 Å². The maximum absolute atomic E-state index is 11.7. The van der Waals surface area contributed by atoms with E-state index in [0.29, 0.717) is 6.42 Å². The minimum Gasteiger partial charge on any atom is -0.320 e. The zero-order valence-electron chi connectivity index (χ0n) is 7.35. The molecular formula is C7H16FNO2S. The predicted molar refractivity (Wildman–Crippen MR) is 47.5 cm³/mol. The summed E-state index contributed by atoms with van der Waals surface area (Å²) in [6.45, 7) is 0.885. The van der Waals surface area contributed by atoms with Crippen molar-refractivity contribution in [3.8, 4) is 0 Å². The van der Waals surface area contributed by atoms with Gasteiger partial charge in [0.05, 0.1) is 5.75 Å². The van der Waals surface area contributed by atoms with Crippen molar-refractivity contribution >= 4 is 9.84 Å². The lowest BCUT2D eigenvalue weighted by molar-refractivity contribution is 0.531. The third-order valence-electron chi connectivity index (χ3n) is 1.55. The molecule has 0 aliphatic rings. The Labute approximate surface area is 73.3 Å². The molecule has 3 nitrogen and oxygen atoms in total. The molecule has 0 aromatic carbocycles. The molecule has 0 spiro atoms. The van der Waals surface area contributed by atoms with Crippen LogP contribution in [0.25, 0.3) is 0 Å². The highest BCUT2D eigenvalue weighted by Crippen LogP contribution is 2.00. The Morgan fingerprint density at radius 2 is 1.92 bits per heavy atom. The fourth-order valence-electron chi connectivity index (χ4n) is 0.855. The average molecular weight is 197 g/mol. The number of nitrogens with one attached hydrogen (secondary N) is 1. The number of rotatable bonds is 7. The van der Waals surface area contributed by atoms with Crippen LogP contribution in [0.2, 0.25) is 0 Å². The van der Waals surface area contributed by atoms with Crippen LogP contribution in [0.1, 0.15) is 19.3 Å². The molecular weight excluding hydrogens is 181 g/mol. The molecule has 12 heavy (non-hydrogen) atoms. The molecule has 0 atom stereocenters. The van der Waals surface area contributed by atoms with Crippen LogP contribution in [0, 0.1) is 0 Å². The van der Waals surface area contributed by atoms with Crippen LogP contribution in [-0.4, -0.2) is 33.8 Å². The van der Waals surface area contributed by atoms with Gasteiger partial charge >= 0.3 is 0 Å². The highest BCUT2D eigenvalue weighted by molar-refractivity contribution is 7.91. The molecule has 0 saturated carbocycles. The Morgan fingerprint density at radius 1 is 1.25 bits per heavy atom. The van der Waals surface area contributed by atoms with E-state index in [4.69, 9.17) is 0 Å². The zero-order valence-corrected chi connectivity index (χ0v) is 8.16. The summed E-state index contributed by atoms with van der Waals surface area (Å²) in [5.41, 5.74) is 0. The first kappa shape index (κ1) is 11.8. The monoisotopic (exact) mass is 197 g/mol. The maximum atomic E-state index is 11.7. The summed E-state index contributed by atoms with van der Waals surface area (Å²) in [5.74, 6) is -0.0206. The van der Waals surface area contributed by atoms with Gasteiger partial charge in [0.1, 0.15) is 0 Å². The van der Waals surface area contributed by atoms with E-state index in [0.717, 1.165) is 19.4 Å². The fourth-order valence-corrected chi connectivity index (χ4v) is 1.61. The van der Waals surface area contributed by atoms with Gasteiger partial charge < -0.3 is 5.32 Å². The highest BCUT2D eigenvalue weighted by atomic mass is 32.2. The lowest BCUT2D eigenvalue weighted by atomic mass is 10.2. The molecule has 1 N–H and O–H groups in total. The summed E-state index contributed by atoms with van der Waals surface area (Å²) in [4.78, 5) is 0. The average Bonchev–Trinajstić information content (AvgIpc) is 2.04. The summed E-state index contributed by atoms with van der Waals surface area (Å²) in [5, 5.41) is 2.96. The first-order valence-electron chi connectivity index (χ1n) is 4.03. The van der Waals surface area contributed by atoms with Crippen molar-refractivity contribution in [3.05, 3.63) is 0 Å². The third kappa shape index (κ3) is 6.54. The Balaban J connectivity index is 3.32. The molecule has 0 radical (unpaired) electrons. The van der Waals surface area contributed by atoms with Gasteiger partial charge in [0.15, 0.2) is 15.8 Å². The van der Waals surface area contributed by atoms with Crippen LogP contribution in [-0.2, 0) is 9.84 Å². The molecule has 0 aromatic rings. The van der Waals surface area contributed by atoms with Gasteiger partial charge in [-0.2, -0.15) is 0 Å². The van der Waals surface area contributed by atoms with Gasteiger partial charge in [-0.3, -0.25) is 0 Å². The third-order valence-corrected chi connectivity index (χ3v) is 2.79. The molecule has 0 heterocycles. The smallest absolute Gasteiger partial charge is 0.190 e. The molecule has 5 heteroatoms. The van der Waals surface area contributed by atoms with Crippen LogP contribution < -0.4 is 5.32 Å². The van der Waals surface area contributed by atoms with Gasteiger partial charge in [0, 0.05) is 0 Å². The van der Waals surface area contributed by atoms with Crippen LogP contribution in [0.5, 0.6) is 0 Å². The van der Waals surface area contributed by atoms with Crippen molar-refractivity contribution in [2.75, 3.05) is 25.4 Å². The molecule has 0 aliphatic carbocycles. The van der Waals surface area contributed by atoms with Crippen molar-refractivity contribution in [2.45, 2.75) is 19.3 Å². The molecule has 0 rings (SSSR count). The van der Waals surface area contributed by atoms with Gasteiger partial charge in [-0.15, -0.1) is 0 Å². The normalized spacial score (nSPS) is 11.8. The standard InChI is InChI=1S/C7H16FNO2S/c1-9-5-3-2-4-6-12(10,11)7-8/h9H,2-7H2,1H3. The van der Waals surface area contributed by atoms with Crippen molar-refractivity contribution in [1.29, 1.82) is 0 Å². The van der Waals surface area contributed by atoms with Gasteiger partial charge in [-0.25, -0.2) is 12.8 Å². The van der Waals surface area contributed by atoms with Crippen molar-refractivity contribution in [1.82, 2.24) is 5.32 Å². The lowest BCUT2D eigenvalue weighted by Crippen LogP contribution is -2.10. The number of hydrogen-bond donors (Lipinski definition) is 1. The summed E-state index contributed by atoms with van der Waals surface area (Å²) >= 11 is 0. The maximum Gasteiger partial charge on any atom is 0.190 e. The molecule has 0 unspecified atom stereocenters. The quantitative estimate of drug-likeness (QED) is 0.612. The lowest BCUT2D eigenvalue weighted by Gasteiger charge is -1.99. The number of unbranched alkanes of at least 4 members (excludes halogenated alkanes) is 2. The number of halogens is 1. The van der Waals surface area contributed by atoms with Crippen LogP contribution in [0.4, 0.5) is 4.39 Å². The Morgan fingerprint density at radius 3 is 2.42 bits per heavy atom. The second-order valence-electron chi connectivity index (χ2n) is 2.72. The highest BCUT2D eigenvalue weighted by Gasteiger charge is 2.07. The van der Waals surface area contributed by atoms with Gasteiger partial charge in [-0.1, -0.05) is 6.42 Å². The van der Waals surface area contributed by atoms with Crippen molar-refractivity contribution in [2.24, 2.45) is 0 Å². The topological polar surface area (TPSA) is 46.2 Å². The minimum atomic E-state index is -3.39. The van der Waals surface area contributed by atoms with E-state index < -0.39 is 15.8 Å². The van der Waals surface area contributed by atoms with E-state index in [9.17, 15) is 12.8 Å². The molecule has 74 valence electrons. The predicted octanol–water partition coefficient (Wildman–Crippen LogP) is 0.718.